The zero-order valence-electron chi connectivity index (χ0n) is 16.6. The van der Waals surface area contributed by atoms with Crippen LogP contribution in [0.15, 0.2) is 71.0 Å². The number of rotatable bonds is 7. The summed E-state index contributed by atoms with van der Waals surface area (Å²) in [5.41, 5.74) is 6.23. The van der Waals surface area contributed by atoms with E-state index in [1.165, 1.54) is 28.1 Å². The van der Waals surface area contributed by atoms with E-state index in [1.54, 1.807) is 7.11 Å². The molecule has 2 aliphatic rings. The summed E-state index contributed by atoms with van der Waals surface area (Å²) in [7, 11) is 3.75. The summed E-state index contributed by atoms with van der Waals surface area (Å²) in [6, 6.07) is 18.6. The van der Waals surface area contributed by atoms with Gasteiger partial charge in [-0.1, -0.05) is 42.5 Å². The van der Waals surface area contributed by atoms with Gasteiger partial charge < -0.3 is 14.4 Å². The van der Waals surface area contributed by atoms with Crippen molar-refractivity contribution in [2.24, 2.45) is 5.10 Å². The second kappa shape index (κ2) is 8.48. The number of hydrogen-bond acceptors (Lipinski definition) is 5. The lowest BCUT2D eigenvalue weighted by atomic mass is 10.00. The monoisotopic (exact) mass is 377 g/mol. The molecule has 0 saturated carbocycles. The number of methoxy groups -OCH3 is 1. The van der Waals surface area contributed by atoms with Gasteiger partial charge in [0, 0.05) is 37.8 Å². The molecule has 0 aromatic heterocycles. The van der Waals surface area contributed by atoms with Gasteiger partial charge >= 0.3 is 0 Å². The van der Waals surface area contributed by atoms with E-state index in [0.717, 1.165) is 31.8 Å². The minimum atomic E-state index is 0.598. The summed E-state index contributed by atoms with van der Waals surface area (Å²) in [6.07, 6.45) is 0.978. The molecule has 2 aromatic carbocycles. The number of likely N-dealkylation sites (N-methyl/N-ethyl adjacent to an activating group) is 1. The van der Waals surface area contributed by atoms with Gasteiger partial charge in [0.25, 0.3) is 0 Å². The fourth-order valence-electron chi connectivity index (χ4n) is 3.83. The number of benzene rings is 2. The third-order valence-electron chi connectivity index (χ3n) is 5.23. The lowest BCUT2D eigenvalue weighted by molar-refractivity contribution is 0.118. The van der Waals surface area contributed by atoms with Crippen molar-refractivity contribution < 1.29 is 9.47 Å². The minimum absolute atomic E-state index is 0.598. The van der Waals surface area contributed by atoms with E-state index in [2.05, 4.69) is 34.3 Å². The third kappa shape index (κ3) is 4.20. The van der Waals surface area contributed by atoms with Crippen LogP contribution in [-0.2, 0) is 17.9 Å². The number of ether oxygens (including phenoxy) is 2. The molecule has 0 saturated heterocycles. The van der Waals surface area contributed by atoms with Crippen LogP contribution >= 0.6 is 0 Å². The summed E-state index contributed by atoms with van der Waals surface area (Å²) < 4.78 is 11.5. The molecule has 2 aliphatic heterocycles. The van der Waals surface area contributed by atoms with E-state index < -0.39 is 0 Å². The highest BCUT2D eigenvalue weighted by Gasteiger charge is 2.29. The van der Waals surface area contributed by atoms with Gasteiger partial charge in [-0.15, -0.1) is 0 Å². The molecule has 0 atom stereocenters. The average Bonchev–Trinajstić information content (AvgIpc) is 3.11. The first-order valence-corrected chi connectivity index (χ1v) is 9.73. The molecule has 0 spiro atoms. The molecule has 28 heavy (non-hydrogen) atoms. The van der Waals surface area contributed by atoms with Crippen LogP contribution < -0.4 is 4.74 Å². The number of nitrogens with zero attached hydrogens (tertiary/aromatic N) is 3. The van der Waals surface area contributed by atoms with Gasteiger partial charge in [0.2, 0.25) is 0 Å². The Morgan fingerprint density at radius 3 is 2.64 bits per heavy atom. The van der Waals surface area contributed by atoms with Crippen LogP contribution in [-0.4, -0.2) is 49.5 Å². The predicted molar refractivity (Wildman–Crippen MR) is 111 cm³/mol. The zero-order chi connectivity index (χ0) is 19.3. The van der Waals surface area contributed by atoms with Gasteiger partial charge in [-0.05, 0) is 23.3 Å². The molecule has 0 unspecified atom stereocenters. The van der Waals surface area contributed by atoms with Crippen molar-refractivity contribution in [2.45, 2.75) is 19.6 Å². The summed E-state index contributed by atoms with van der Waals surface area (Å²) in [5.74, 6) is 0.895. The van der Waals surface area contributed by atoms with Crippen LogP contribution in [0.3, 0.4) is 0 Å². The zero-order valence-corrected chi connectivity index (χ0v) is 16.6. The fourth-order valence-corrected chi connectivity index (χ4v) is 3.83. The van der Waals surface area contributed by atoms with E-state index in [4.69, 9.17) is 9.47 Å². The first-order chi connectivity index (χ1) is 13.7. The molecular formula is C23H27N3O2. The highest BCUT2D eigenvalue weighted by Crippen LogP contribution is 2.28. The predicted octanol–water partition coefficient (Wildman–Crippen LogP) is 3.67. The number of fused-ring (bicyclic) bond motifs is 1. The molecule has 5 heteroatoms. The SMILES string of the molecule is COc1cccc(CN2CCC3=NN(C)CC3=C2COCc2ccccc2)c1. The van der Waals surface area contributed by atoms with Gasteiger partial charge in [-0.3, -0.25) is 5.01 Å². The quantitative estimate of drug-likeness (QED) is 0.738. The van der Waals surface area contributed by atoms with Gasteiger partial charge in [-0.2, -0.15) is 5.10 Å². The molecule has 5 nitrogen and oxygen atoms in total. The summed E-state index contributed by atoms with van der Waals surface area (Å²) in [4.78, 5) is 2.44. The summed E-state index contributed by atoms with van der Waals surface area (Å²) in [6.45, 7) is 3.88. The van der Waals surface area contributed by atoms with Crippen LogP contribution in [0.1, 0.15) is 17.5 Å². The lowest BCUT2D eigenvalue weighted by Crippen LogP contribution is -2.34. The number of hydrogen-bond donors (Lipinski definition) is 0. The van der Waals surface area contributed by atoms with Crippen LogP contribution in [0.2, 0.25) is 0 Å². The largest absolute Gasteiger partial charge is 0.497 e. The second-order valence-corrected chi connectivity index (χ2v) is 7.29. The van der Waals surface area contributed by atoms with Crippen LogP contribution in [0.4, 0.5) is 0 Å². The molecule has 0 amide bonds. The van der Waals surface area contributed by atoms with E-state index in [-0.39, 0.29) is 0 Å². The molecule has 0 aliphatic carbocycles. The summed E-state index contributed by atoms with van der Waals surface area (Å²) in [5, 5.41) is 6.71. The van der Waals surface area contributed by atoms with Gasteiger partial charge in [0.15, 0.2) is 0 Å². The molecule has 2 heterocycles. The van der Waals surface area contributed by atoms with Gasteiger partial charge in [-0.25, -0.2) is 0 Å². The Hall–Kier alpha value is -2.79. The molecule has 0 N–H and O–H groups in total. The molecule has 4 rings (SSSR count). The number of hydrazone groups is 1. The van der Waals surface area contributed by atoms with Crippen LogP contribution in [0.5, 0.6) is 5.75 Å². The van der Waals surface area contributed by atoms with Crippen LogP contribution in [0, 0.1) is 0 Å². The van der Waals surface area contributed by atoms with Crippen molar-refractivity contribution in [3.63, 3.8) is 0 Å². The van der Waals surface area contributed by atoms with Gasteiger partial charge in [0.1, 0.15) is 5.75 Å². The van der Waals surface area contributed by atoms with E-state index >= 15 is 0 Å². The first kappa shape index (κ1) is 18.6. The highest BCUT2D eigenvalue weighted by atomic mass is 16.5. The molecule has 0 bridgehead atoms. The van der Waals surface area contributed by atoms with E-state index in [1.807, 2.05) is 42.4 Å². The maximum absolute atomic E-state index is 6.12. The van der Waals surface area contributed by atoms with Crippen molar-refractivity contribution in [1.29, 1.82) is 0 Å². The van der Waals surface area contributed by atoms with Crippen LogP contribution in [0.25, 0.3) is 0 Å². The second-order valence-electron chi connectivity index (χ2n) is 7.29. The Morgan fingerprint density at radius 2 is 1.82 bits per heavy atom. The smallest absolute Gasteiger partial charge is 0.119 e. The van der Waals surface area contributed by atoms with Crippen molar-refractivity contribution in [3.05, 3.63) is 77.0 Å². The standard InChI is InChI=1S/C23H27N3O2/c1-25-15-21-22(24-25)11-12-26(14-19-9-6-10-20(13-19)27-2)23(21)17-28-16-18-7-4-3-5-8-18/h3-10,13H,11-12,14-17H2,1-2H3. The molecule has 0 radical (unpaired) electrons. The Bertz CT molecular complexity index is 876. The van der Waals surface area contributed by atoms with Gasteiger partial charge in [0.05, 0.1) is 32.6 Å². The van der Waals surface area contributed by atoms with E-state index in [0.29, 0.717) is 13.2 Å². The normalized spacial score (nSPS) is 16.3. The Labute approximate surface area is 166 Å². The minimum Gasteiger partial charge on any atom is -0.497 e. The first-order valence-electron chi connectivity index (χ1n) is 9.73. The molecule has 0 fully saturated rings. The Kier molecular flexibility index (Phi) is 5.63. The maximum atomic E-state index is 6.12. The molecular weight excluding hydrogens is 350 g/mol. The van der Waals surface area contributed by atoms with Crippen molar-refractivity contribution in [3.8, 4) is 5.75 Å². The summed E-state index contributed by atoms with van der Waals surface area (Å²) >= 11 is 0. The Morgan fingerprint density at radius 1 is 1.00 bits per heavy atom. The molecule has 2 aromatic rings. The van der Waals surface area contributed by atoms with Crippen molar-refractivity contribution in [2.75, 3.05) is 33.9 Å². The Balaban J connectivity index is 1.52. The van der Waals surface area contributed by atoms with Crippen molar-refractivity contribution in [1.82, 2.24) is 9.91 Å². The highest BCUT2D eigenvalue weighted by molar-refractivity contribution is 6.03. The maximum Gasteiger partial charge on any atom is 0.119 e. The van der Waals surface area contributed by atoms with E-state index in [9.17, 15) is 0 Å². The average molecular weight is 377 g/mol. The molecule has 146 valence electrons. The third-order valence-corrected chi connectivity index (χ3v) is 5.23. The topological polar surface area (TPSA) is 37.3 Å². The fraction of sp³-hybridized carbons (Fsp3) is 0.348. The van der Waals surface area contributed by atoms with Crippen molar-refractivity contribution >= 4 is 5.71 Å². The lowest BCUT2D eigenvalue weighted by Gasteiger charge is -2.33.